The second kappa shape index (κ2) is 5.67. The van der Waals surface area contributed by atoms with Crippen molar-refractivity contribution in [3.8, 4) is 5.75 Å². The molecule has 94 valence electrons. The minimum absolute atomic E-state index is 0.241. The molecule has 2 nitrogen and oxygen atoms in total. The van der Waals surface area contributed by atoms with Crippen LogP contribution in [0.3, 0.4) is 0 Å². The lowest BCUT2D eigenvalue weighted by atomic mass is 9.93. The maximum Gasteiger partial charge on any atom is 0.153 e. The summed E-state index contributed by atoms with van der Waals surface area (Å²) in [5, 5.41) is 0. The van der Waals surface area contributed by atoms with Crippen LogP contribution in [0, 0.1) is 12.3 Å². The molecule has 3 heteroatoms. The first-order chi connectivity index (χ1) is 7.83. The minimum Gasteiger partial charge on any atom is -0.493 e. The van der Waals surface area contributed by atoms with Gasteiger partial charge in [-0.2, -0.15) is 0 Å². The summed E-state index contributed by atoms with van der Waals surface area (Å²) >= 11 is 3.37. The molecule has 1 rings (SSSR count). The molecule has 0 fully saturated rings. The third-order valence-electron chi connectivity index (χ3n) is 2.49. The van der Waals surface area contributed by atoms with E-state index in [4.69, 9.17) is 4.74 Å². The number of benzene rings is 1. The van der Waals surface area contributed by atoms with Gasteiger partial charge in [-0.15, -0.1) is 0 Å². The van der Waals surface area contributed by atoms with Crippen molar-refractivity contribution in [1.82, 2.24) is 0 Å². The molecule has 0 aliphatic rings. The van der Waals surface area contributed by atoms with Crippen LogP contribution in [0.5, 0.6) is 5.75 Å². The molecular formula is C14H19BrO2. The Morgan fingerprint density at radius 2 is 2.00 bits per heavy atom. The lowest BCUT2D eigenvalue weighted by molar-refractivity contribution is 0.111. The van der Waals surface area contributed by atoms with Crippen LogP contribution in [0.2, 0.25) is 0 Å². The molecule has 0 N–H and O–H groups in total. The van der Waals surface area contributed by atoms with E-state index in [-0.39, 0.29) is 5.41 Å². The third kappa shape index (κ3) is 4.50. The normalized spacial score (nSPS) is 11.4. The van der Waals surface area contributed by atoms with Gasteiger partial charge < -0.3 is 4.74 Å². The quantitative estimate of drug-likeness (QED) is 0.771. The molecule has 1 aromatic carbocycles. The molecule has 0 amide bonds. The molecule has 0 unspecified atom stereocenters. The van der Waals surface area contributed by atoms with Crippen LogP contribution in [0.4, 0.5) is 0 Å². The van der Waals surface area contributed by atoms with Crippen LogP contribution in [-0.4, -0.2) is 12.9 Å². The summed E-state index contributed by atoms with van der Waals surface area (Å²) in [6.07, 6.45) is 1.80. The monoisotopic (exact) mass is 298 g/mol. The fourth-order valence-electron chi connectivity index (χ4n) is 1.50. The standard InChI is InChI=1S/C14H19BrO2/c1-10-7-12(15)8-11(9-16)13(10)17-6-5-14(2,3)4/h7-9H,5-6H2,1-4H3. The fraction of sp³-hybridized carbons (Fsp3) is 0.500. The van der Waals surface area contributed by atoms with Crippen LogP contribution in [0.25, 0.3) is 0 Å². The number of carbonyl (C=O) groups is 1. The molecule has 0 aliphatic heterocycles. The Labute approximate surface area is 111 Å². The summed E-state index contributed by atoms with van der Waals surface area (Å²) in [5.41, 5.74) is 1.83. The lowest BCUT2D eigenvalue weighted by Gasteiger charge is -2.19. The average Bonchev–Trinajstić information content (AvgIpc) is 2.18. The molecule has 0 aromatic heterocycles. The van der Waals surface area contributed by atoms with Gasteiger partial charge in [-0.25, -0.2) is 0 Å². The van der Waals surface area contributed by atoms with E-state index in [1.165, 1.54) is 0 Å². The first-order valence-electron chi connectivity index (χ1n) is 5.71. The van der Waals surface area contributed by atoms with Crippen molar-refractivity contribution >= 4 is 22.2 Å². The summed E-state index contributed by atoms with van der Waals surface area (Å²) < 4.78 is 6.64. The highest BCUT2D eigenvalue weighted by Gasteiger charge is 2.12. The molecule has 0 spiro atoms. The van der Waals surface area contributed by atoms with E-state index in [1.54, 1.807) is 6.07 Å². The summed E-state index contributed by atoms with van der Waals surface area (Å²) in [4.78, 5) is 11.0. The third-order valence-corrected chi connectivity index (χ3v) is 2.95. The number of carbonyl (C=O) groups excluding carboxylic acids is 1. The zero-order valence-corrected chi connectivity index (χ0v) is 12.4. The maximum absolute atomic E-state index is 11.0. The Morgan fingerprint density at radius 3 is 2.53 bits per heavy atom. The van der Waals surface area contributed by atoms with Gasteiger partial charge in [-0.1, -0.05) is 36.7 Å². The minimum atomic E-state index is 0.241. The molecule has 0 heterocycles. The summed E-state index contributed by atoms with van der Waals surface area (Å²) in [6.45, 7) is 9.10. The molecule has 0 bridgehead atoms. The van der Waals surface area contributed by atoms with E-state index < -0.39 is 0 Å². The van der Waals surface area contributed by atoms with Gasteiger partial charge in [0.15, 0.2) is 6.29 Å². The Bertz CT molecular complexity index is 405. The Balaban J connectivity index is 2.80. The van der Waals surface area contributed by atoms with E-state index in [9.17, 15) is 4.79 Å². The van der Waals surface area contributed by atoms with Crippen molar-refractivity contribution in [2.45, 2.75) is 34.1 Å². The van der Waals surface area contributed by atoms with E-state index >= 15 is 0 Å². The van der Waals surface area contributed by atoms with E-state index in [0.29, 0.717) is 17.9 Å². The van der Waals surface area contributed by atoms with Crippen LogP contribution >= 0.6 is 15.9 Å². The van der Waals surface area contributed by atoms with Crippen molar-refractivity contribution in [3.63, 3.8) is 0 Å². The smallest absolute Gasteiger partial charge is 0.153 e. The molecule has 0 radical (unpaired) electrons. The number of hydrogen-bond acceptors (Lipinski definition) is 2. The van der Waals surface area contributed by atoms with Gasteiger partial charge in [0, 0.05) is 4.47 Å². The first-order valence-corrected chi connectivity index (χ1v) is 6.51. The predicted molar refractivity (Wildman–Crippen MR) is 73.8 cm³/mol. The number of halogens is 1. The summed E-state index contributed by atoms with van der Waals surface area (Å²) in [5.74, 6) is 0.701. The van der Waals surface area contributed by atoms with Gasteiger partial charge in [-0.05, 0) is 36.5 Å². The largest absolute Gasteiger partial charge is 0.493 e. The van der Waals surface area contributed by atoms with Gasteiger partial charge in [0.05, 0.1) is 12.2 Å². The number of aryl methyl sites for hydroxylation is 1. The molecular weight excluding hydrogens is 280 g/mol. The summed E-state index contributed by atoms with van der Waals surface area (Å²) in [7, 11) is 0. The number of hydrogen-bond donors (Lipinski definition) is 0. The summed E-state index contributed by atoms with van der Waals surface area (Å²) in [6, 6.07) is 3.74. The van der Waals surface area contributed by atoms with Gasteiger partial charge in [-0.3, -0.25) is 4.79 Å². The molecule has 0 saturated carbocycles. The highest BCUT2D eigenvalue weighted by molar-refractivity contribution is 9.10. The van der Waals surface area contributed by atoms with Crippen molar-refractivity contribution in [2.75, 3.05) is 6.61 Å². The van der Waals surface area contributed by atoms with Crippen LogP contribution in [0.15, 0.2) is 16.6 Å². The van der Waals surface area contributed by atoms with Crippen LogP contribution in [-0.2, 0) is 0 Å². The SMILES string of the molecule is Cc1cc(Br)cc(C=O)c1OCCC(C)(C)C. The van der Waals surface area contributed by atoms with Gasteiger partial charge >= 0.3 is 0 Å². The van der Waals surface area contributed by atoms with E-state index in [2.05, 4.69) is 36.7 Å². The molecule has 0 aliphatic carbocycles. The fourth-order valence-corrected chi connectivity index (χ4v) is 2.09. The lowest BCUT2D eigenvalue weighted by Crippen LogP contribution is -2.12. The first kappa shape index (κ1) is 14.2. The van der Waals surface area contributed by atoms with E-state index in [0.717, 1.165) is 22.7 Å². The second-order valence-corrected chi connectivity index (χ2v) is 6.33. The van der Waals surface area contributed by atoms with Crippen molar-refractivity contribution in [2.24, 2.45) is 5.41 Å². The van der Waals surface area contributed by atoms with Gasteiger partial charge in [0.1, 0.15) is 5.75 Å². The van der Waals surface area contributed by atoms with Crippen LogP contribution in [0.1, 0.15) is 43.1 Å². The zero-order valence-electron chi connectivity index (χ0n) is 10.8. The van der Waals surface area contributed by atoms with Crippen molar-refractivity contribution < 1.29 is 9.53 Å². The topological polar surface area (TPSA) is 26.3 Å². The van der Waals surface area contributed by atoms with Crippen molar-refractivity contribution in [3.05, 3.63) is 27.7 Å². The number of ether oxygens (including phenoxy) is 1. The average molecular weight is 299 g/mol. The number of aldehydes is 1. The molecule has 0 saturated heterocycles. The highest BCUT2D eigenvalue weighted by Crippen LogP contribution is 2.28. The predicted octanol–water partition coefficient (Wildman–Crippen LogP) is 4.39. The van der Waals surface area contributed by atoms with Gasteiger partial charge in [0.2, 0.25) is 0 Å². The Morgan fingerprint density at radius 1 is 1.35 bits per heavy atom. The molecule has 1 aromatic rings. The molecule has 0 atom stereocenters. The second-order valence-electron chi connectivity index (χ2n) is 5.42. The Kier molecular flexibility index (Phi) is 4.75. The van der Waals surface area contributed by atoms with Crippen molar-refractivity contribution in [1.29, 1.82) is 0 Å². The Hall–Kier alpha value is -0.830. The zero-order chi connectivity index (χ0) is 13.1. The maximum atomic E-state index is 11.0. The van der Waals surface area contributed by atoms with Crippen LogP contribution < -0.4 is 4.74 Å². The highest BCUT2D eigenvalue weighted by atomic mass is 79.9. The number of rotatable bonds is 4. The van der Waals surface area contributed by atoms with E-state index in [1.807, 2.05) is 13.0 Å². The molecule has 17 heavy (non-hydrogen) atoms. The van der Waals surface area contributed by atoms with Gasteiger partial charge in [0.25, 0.3) is 0 Å².